The summed E-state index contributed by atoms with van der Waals surface area (Å²) in [5.41, 5.74) is 6.21. The van der Waals surface area contributed by atoms with Crippen LogP contribution in [0.15, 0.2) is 47.4 Å². The van der Waals surface area contributed by atoms with Gasteiger partial charge in [-0.05, 0) is 42.5 Å². The highest BCUT2D eigenvalue weighted by atomic mass is 32.2. The van der Waals surface area contributed by atoms with Crippen LogP contribution in [-0.4, -0.2) is 21.4 Å². The number of nitrogen functional groups attached to an aromatic ring is 1. The summed E-state index contributed by atoms with van der Waals surface area (Å²) < 4.78 is 34.5. The van der Waals surface area contributed by atoms with Gasteiger partial charge in [-0.3, -0.25) is 4.79 Å². The van der Waals surface area contributed by atoms with Crippen molar-refractivity contribution in [3.8, 4) is 11.5 Å². The van der Waals surface area contributed by atoms with Gasteiger partial charge in [0.25, 0.3) is 0 Å². The van der Waals surface area contributed by atoms with Crippen molar-refractivity contribution in [2.45, 2.75) is 11.8 Å². The molecule has 8 heteroatoms. The van der Waals surface area contributed by atoms with E-state index in [1.807, 2.05) is 0 Å². The van der Waals surface area contributed by atoms with Gasteiger partial charge in [-0.2, -0.15) is 8.42 Å². The topological polar surface area (TPSA) is 108 Å². The van der Waals surface area contributed by atoms with Gasteiger partial charge in [0.15, 0.2) is 0 Å². The molecule has 1 amide bonds. The largest absolute Gasteiger partial charge is 0.497 e. The van der Waals surface area contributed by atoms with Crippen molar-refractivity contribution in [2.24, 2.45) is 0 Å². The maximum absolute atomic E-state index is 12.2. The van der Waals surface area contributed by atoms with Crippen LogP contribution < -0.4 is 20.0 Å². The summed E-state index contributed by atoms with van der Waals surface area (Å²) in [6.45, 7) is 1.33. The number of carbonyl (C=O) groups is 1. The second-order valence-corrected chi connectivity index (χ2v) is 6.19. The number of ether oxygens (including phenoxy) is 1. The number of hydrogen-bond acceptors (Lipinski definition) is 6. The van der Waals surface area contributed by atoms with E-state index in [1.165, 1.54) is 44.4 Å². The van der Waals surface area contributed by atoms with Crippen LogP contribution in [0.2, 0.25) is 0 Å². The predicted octanol–water partition coefficient (Wildman–Crippen LogP) is 2.00. The van der Waals surface area contributed by atoms with Crippen LogP contribution in [0.1, 0.15) is 6.92 Å². The first kappa shape index (κ1) is 16.6. The van der Waals surface area contributed by atoms with Gasteiger partial charge in [0, 0.05) is 6.92 Å². The summed E-state index contributed by atoms with van der Waals surface area (Å²) in [7, 11) is -2.53. The van der Waals surface area contributed by atoms with E-state index in [0.717, 1.165) is 0 Å². The lowest BCUT2D eigenvalue weighted by Gasteiger charge is -2.10. The molecule has 0 bridgehead atoms. The van der Waals surface area contributed by atoms with Crippen molar-refractivity contribution in [3.63, 3.8) is 0 Å². The summed E-state index contributed by atoms with van der Waals surface area (Å²) >= 11 is 0. The van der Waals surface area contributed by atoms with Gasteiger partial charge in [0.1, 0.15) is 16.4 Å². The Bertz CT molecular complexity index is 816. The zero-order chi connectivity index (χ0) is 17.0. The highest BCUT2D eigenvalue weighted by Crippen LogP contribution is 2.26. The van der Waals surface area contributed by atoms with Gasteiger partial charge in [-0.25, -0.2) is 0 Å². The SMILES string of the molecule is COc1ccc(OS(=O)(=O)c2ccc(NC(C)=O)c(N)c2)cc1. The van der Waals surface area contributed by atoms with E-state index in [0.29, 0.717) is 11.4 Å². The molecule has 2 aromatic rings. The highest BCUT2D eigenvalue weighted by Gasteiger charge is 2.18. The minimum atomic E-state index is -4.03. The summed E-state index contributed by atoms with van der Waals surface area (Å²) in [5, 5.41) is 2.50. The number of benzene rings is 2. The molecule has 0 saturated heterocycles. The Kier molecular flexibility index (Phi) is 4.75. The van der Waals surface area contributed by atoms with E-state index in [4.69, 9.17) is 14.7 Å². The van der Waals surface area contributed by atoms with E-state index in [1.54, 1.807) is 12.1 Å². The Hall–Kier alpha value is -2.74. The third-order valence-electron chi connectivity index (χ3n) is 2.89. The number of nitrogens with one attached hydrogen (secondary N) is 1. The smallest absolute Gasteiger partial charge is 0.339 e. The Morgan fingerprint density at radius 1 is 1.09 bits per heavy atom. The number of hydrogen-bond donors (Lipinski definition) is 2. The van der Waals surface area contributed by atoms with Gasteiger partial charge in [-0.15, -0.1) is 0 Å². The van der Waals surface area contributed by atoms with Crippen LogP contribution >= 0.6 is 0 Å². The molecule has 0 unspecified atom stereocenters. The number of anilines is 2. The fourth-order valence-corrected chi connectivity index (χ4v) is 2.77. The molecule has 0 aliphatic heterocycles. The summed E-state index contributed by atoms with van der Waals surface area (Å²) in [6.07, 6.45) is 0. The fourth-order valence-electron chi connectivity index (χ4n) is 1.81. The fraction of sp³-hybridized carbons (Fsp3) is 0.133. The van der Waals surface area contributed by atoms with Crippen molar-refractivity contribution in [1.82, 2.24) is 0 Å². The molecular formula is C15H16N2O5S. The molecule has 0 saturated carbocycles. The predicted molar refractivity (Wildman–Crippen MR) is 86.0 cm³/mol. The van der Waals surface area contributed by atoms with Crippen LogP contribution in [0.25, 0.3) is 0 Å². The van der Waals surface area contributed by atoms with Crippen molar-refractivity contribution >= 4 is 27.4 Å². The lowest BCUT2D eigenvalue weighted by atomic mass is 10.2. The van der Waals surface area contributed by atoms with Gasteiger partial charge in [-0.1, -0.05) is 0 Å². The average molecular weight is 336 g/mol. The summed E-state index contributed by atoms with van der Waals surface area (Å²) in [5.74, 6) is 0.427. The van der Waals surface area contributed by atoms with Gasteiger partial charge in [0.2, 0.25) is 5.91 Å². The van der Waals surface area contributed by atoms with Gasteiger partial charge in [0.05, 0.1) is 18.5 Å². The quantitative estimate of drug-likeness (QED) is 0.639. The molecule has 122 valence electrons. The number of nitrogens with two attached hydrogens (primary N) is 1. The minimum absolute atomic E-state index is 0.111. The van der Waals surface area contributed by atoms with Gasteiger partial charge < -0.3 is 20.0 Å². The van der Waals surface area contributed by atoms with E-state index in [9.17, 15) is 13.2 Å². The summed E-state index contributed by atoms with van der Waals surface area (Å²) in [4.78, 5) is 10.9. The Morgan fingerprint density at radius 3 is 2.22 bits per heavy atom. The monoisotopic (exact) mass is 336 g/mol. The van der Waals surface area contributed by atoms with Crippen molar-refractivity contribution in [2.75, 3.05) is 18.2 Å². The molecule has 23 heavy (non-hydrogen) atoms. The summed E-state index contributed by atoms with van der Waals surface area (Å²) in [6, 6.07) is 10.1. The number of methoxy groups -OCH3 is 1. The highest BCUT2D eigenvalue weighted by molar-refractivity contribution is 7.87. The average Bonchev–Trinajstić information content (AvgIpc) is 2.49. The maximum atomic E-state index is 12.2. The molecule has 0 aromatic heterocycles. The minimum Gasteiger partial charge on any atom is -0.497 e. The van der Waals surface area contributed by atoms with E-state index in [2.05, 4.69) is 5.32 Å². The van der Waals surface area contributed by atoms with E-state index >= 15 is 0 Å². The molecule has 0 atom stereocenters. The molecule has 0 fully saturated rings. The molecule has 0 radical (unpaired) electrons. The molecule has 0 aliphatic rings. The molecule has 2 aromatic carbocycles. The zero-order valence-corrected chi connectivity index (χ0v) is 13.4. The zero-order valence-electron chi connectivity index (χ0n) is 12.6. The van der Waals surface area contributed by atoms with Crippen LogP contribution in [0, 0.1) is 0 Å². The molecule has 0 aliphatic carbocycles. The lowest BCUT2D eigenvalue weighted by molar-refractivity contribution is -0.114. The maximum Gasteiger partial charge on any atom is 0.339 e. The third-order valence-corrected chi connectivity index (χ3v) is 4.13. The Labute approximate surface area is 134 Å². The van der Waals surface area contributed by atoms with Crippen molar-refractivity contribution in [3.05, 3.63) is 42.5 Å². The molecule has 2 rings (SSSR count). The number of amides is 1. The Morgan fingerprint density at radius 2 is 1.70 bits per heavy atom. The third kappa shape index (κ3) is 4.13. The molecule has 7 nitrogen and oxygen atoms in total. The first-order chi connectivity index (χ1) is 10.8. The van der Waals surface area contributed by atoms with Crippen molar-refractivity contribution < 1.29 is 22.1 Å². The molecular weight excluding hydrogens is 320 g/mol. The number of rotatable bonds is 5. The standard InChI is InChI=1S/C15H16N2O5S/c1-10(18)17-15-8-7-13(9-14(15)16)23(19,20)22-12-5-3-11(21-2)4-6-12/h3-9H,16H2,1-2H3,(H,17,18). The molecule has 0 heterocycles. The van der Waals surface area contributed by atoms with E-state index in [-0.39, 0.29) is 22.2 Å². The van der Waals surface area contributed by atoms with Crippen LogP contribution in [0.3, 0.4) is 0 Å². The van der Waals surface area contributed by atoms with Crippen LogP contribution in [-0.2, 0) is 14.9 Å². The molecule has 3 N–H and O–H groups in total. The molecule has 0 spiro atoms. The first-order valence-electron chi connectivity index (χ1n) is 6.57. The van der Waals surface area contributed by atoms with Crippen LogP contribution in [0.4, 0.5) is 11.4 Å². The van der Waals surface area contributed by atoms with Crippen molar-refractivity contribution in [1.29, 1.82) is 0 Å². The lowest BCUT2D eigenvalue weighted by Crippen LogP contribution is -2.12. The second-order valence-electron chi connectivity index (χ2n) is 4.64. The normalized spacial score (nSPS) is 10.9. The Balaban J connectivity index is 2.24. The van der Waals surface area contributed by atoms with Gasteiger partial charge >= 0.3 is 10.1 Å². The van der Waals surface area contributed by atoms with E-state index < -0.39 is 10.1 Å². The number of carbonyl (C=O) groups excluding carboxylic acids is 1. The van der Waals surface area contributed by atoms with Crippen LogP contribution in [0.5, 0.6) is 11.5 Å². The second kappa shape index (κ2) is 6.57. The first-order valence-corrected chi connectivity index (χ1v) is 7.98.